The molecule has 2 N–H and O–H groups in total. The summed E-state index contributed by atoms with van der Waals surface area (Å²) in [4.78, 5) is 1.78. The lowest BCUT2D eigenvalue weighted by atomic mass is 10.3. The number of nitrogens with two attached hydrogens (primary N) is 1. The van der Waals surface area contributed by atoms with E-state index in [1.807, 2.05) is 0 Å². The van der Waals surface area contributed by atoms with Gasteiger partial charge in [0.1, 0.15) is 11.4 Å². The largest absolute Gasteiger partial charge is 0.495 e. The van der Waals surface area contributed by atoms with Gasteiger partial charge in [-0.25, -0.2) is 27.3 Å². The number of hydrogen-bond acceptors (Lipinski definition) is 4. The summed E-state index contributed by atoms with van der Waals surface area (Å²) in [6, 6.07) is 0.561. The molecule has 0 aliphatic rings. The van der Waals surface area contributed by atoms with Gasteiger partial charge in [-0.2, -0.15) is 4.39 Å². The first-order chi connectivity index (χ1) is 7.27. The molecule has 5 nitrogen and oxygen atoms in total. The number of ether oxygens (including phenoxy) is 1. The Bertz CT molecular complexity index is 504. The molecule has 16 heavy (non-hydrogen) atoms. The lowest BCUT2D eigenvalue weighted by Gasteiger charge is -2.10. The summed E-state index contributed by atoms with van der Waals surface area (Å²) in [5.74, 6) is -1.88. The first-order valence-electron chi connectivity index (χ1n) is 3.82. The molecule has 0 saturated carbocycles. The highest BCUT2D eigenvalue weighted by molar-refractivity contribution is 7.89. The van der Waals surface area contributed by atoms with Gasteiger partial charge < -0.3 is 4.74 Å². The minimum absolute atomic E-state index is 0.561. The van der Waals surface area contributed by atoms with Gasteiger partial charge in [0.05, 0.1) is 7.11 Å². The third kappa shape index (κ3) is 2.42. The third-order valence-electron chi connectivity index (χ3n) is 1.65. The van der Waals surface area contributed by atoms with Crippen molar-refractivity contribution in [2.45, 2.75) is 11.3 Å². The van der Waals surface area contributed by atoms with E-state index in [0.29, 0.717) is 6.07 Å². The lowest BCUT2D eigenvalue weighted by Crippen LogP contribution is -2.17. The normalized spacial score (nSPS) is 11.9. The predicted molar refractivity (Wildman–Crippen MR) is 47.1 cm³/mol. The molecule has 90 valence electrons. The van der Waals surface area contributed by atoms with Crippen molar-refractivity contribution in [2.75, 3.05) is 7.11 Å². The second-order valence-electron chi connectivity index (χ2n) is 2.71. The van der Waals surface area contributed by atoms with E-state index in [1.165, 1.54) is 0 Å². The van der Waals surface area contributed by atoms with Gasteiger partial charge in [-0.3, -0.25) is 0 Å². The van der Waals surface area contributed by atoms with Crippen molar-refractivity contribution in [3.8, 4) is 5.75 Å². The molecule has 0 radical (unpaired) electrons. The third-order valence-corrected chi connectivity index (χ3v) is 2.62. The molecule has 0 aromatic carbocycles. The minimum atomic E-state index is -4.47. The molecule has 0 spiro atoms. The van der Waals surface area contributed by atoms with Gasteiger partial charge in [0.2, 0.25) is 16.0 Å². The molecule has 1 aromatic heterocycles. The number of primary sulfonamides is 1. The quantitative estimate of drug-likeness (QED) is 0.811. The van der Waals surface area contributed by atoms with E-state index in [0.717, 1.165) is 7.11 Å². The number of pyridine rings is 1. The number of rotatable bonds is 3. The number of sulfonamides is 1. The van der Waals surface area contributed by atoms with Gasteiger partial charge in [0, 0.05) is 6.07 Å². The van der Waals surface area contributed by atoms with E-state index in [2.05, 4.69) is 9.72 Å². The molecular formula is C7H7F3N2O3S. The van der Waals surface area contributed by atoms with Crippen LogP contribution in [0.4, 0.5) is 13.2 Å². The van der Waals surface area contributed by atoms with E-state index in [-0.39, 0.29) is 0 Å². The van der Waals surface area contributed by atoms with Gasteiger partial charge >= 0.3 is 0 Å². The molecule has 0 aliphatic heterocycles. The van der Waals surface area contributed by atoms with Crippen molar-refractivity contribution in [2.24, 2.45) is 5.14 Å². The van der Waals surface area contributed by atoms with Crippen LogP contribution in [0.1, 0.15) is 12.1 Å². The average molecular weight is 256 g/mol. The summed E-state index contributed by atoms with van der Waals surface area (Å²) in [6.45, 7) is 0. The van der Waals surface area contributed by atoms with Gasteiger partial charge in [-0.15, -0.1) is 0 Å². The number of methoxy groups -OCH3 is 1. The van der Waals surface area contributed by atoms with Gasteiger partial charge in [0.25, 0.3) is 6.43 Å². The maximum atomic E-state index is 12.8. The van der Waals surface area contributed by atoms with Crippen LogP contribution in [-0.4, -0.2) is 20.5 Å². The number of alkyl halides is 2. The Labute approximate surface area is 89.1 Å². The van der Waals surface area contributed by atoms with Crippen LogP contribution >= 0.6 is 0 Å². The Hall–Kier alpha value is -1.35. The number of halogens is 3. The van der Waals surface area contributed by atoms with Gasteiger partial charge in [-0.05, 0) is 0 Å². The van der Waals surface area contributed by atoms with E-state index < -0.39 is 38.7 Å². The molecule has 0 fully saturated rings. The highest BCUT2D eigenvalue weighted by Crippen LogP contribution is 2.31. The molecule has 0 atom stereocenters. The first kappa shape index (κ1) is 12.7. The summed E-state index contributed by atoms with van der Waals surface area (Å²) >= 11 is 0. The van der Waals surface area contributed by atoms with Crippen LogP contribution in [0.3, 0.4) is 0 Å². The fraction of sp³-hybridized carbons (Fsp3) is 0.286. The zero-order chi connectivity index (χ0) is 12.5. The van der Waals surface area contributed by atoms with Crippen molar-refractivity contribution >= 4 is 10.0 Å². The van der Waals surface area contributed by atoms with Crippen LogP contribution in [0, 0.1) is 5.95 Å². The minimum Gasteiger partial charge on any atom is -0.495 e. The van der Waals surface area contributed by atoms with Crippen molar-refractivity contribution < 1.29 is 26.3 Å². The maximum Gasteiger partial charge on any atom is 0.281 e. The second kappa shape index (κ2) is 4.26. The standard InChI is InChI=1S/C7H7F3N2O3S/c1-15-3-2-4(8)12-5(7(9)10)6(3)16(11,13)14/h2,7H,1H3,(H2,11,13,14). The van der Waals surface area contributed by atoms with Crippen molar-refractivity contribution in [3.63, 3.8) is 0 Å². The number of hydrogen-bond donors (Lipinski definition) is 1. The van der Waals surface area contributed by atoms with Gasteiger partial charge in [-0.1, -0.05) is 0 Å². The molecule has 0 unspecified atom stereocenters. The Kier molecular flexibility index (Phi) is 3.38. The molecular weight excluding hydrogens is 249 g/mol. The smallest absolute Gasteiger partial charge is 0.281 e. The average Bonchev–Trinajstić information content (AvgIpc) is 2.14. The maximum absolute atomic E-state index is 12.8. The Morgan fingerprint density at radius 1 is 1.50 bits per heavy atom. The summed E-state index contributed by atoms with van der Waals surface area (Å²) in [7, 11) is -3.47. The predicted octanol–water partition coefficient (Wildman–Crippen LogP) is 0.814. The fourth-order valence-electron chi connectivity index (χ4n) is 1.08. The van der Waals surface area contributed by atoms with Crippen LogP contribution < -0.4 is 9.88 Å². The summed E-state index contributed by atoms with van der Waals surface area (Å²) < 4.78 is 64.3. The molecule has 1 aromatic rings. The molecule has 0 saturated heterocycles. The summed E-state index contributed by atoms with van der Waals surface area (Å²) in [5.41, 5.74) is -1.26. The summed E-state index contributed by atoms with van der Waals surface area (Å²) in [6.07, 6.45) is -3.28. The first-order valence-corrected chi connectivity index (χ1v) is 5.37. The second-order valence-corrected chi connectivity index (χ2v) is 4.21. The topological polar surface area (TPSA) is 82.3 Å². The van der Waals surface area contributed by atoms with Crippen LogP contribution in [0.15, 0.2) is 11.0 Å². The SMILES string of the molecule is COc1cc(F)nc(C(F)F)c1S(N)(=O)=O. The zero-order valence-corrected chi connectivity index (χ0v) is 8.76. The van der Waals surface area contributed by atoms with Crippen molar-refractivity contribution in [1.82, 2.24) is 4.98 Å². The van der Waals surface area contributed by atoms with E-state index >= 15 is 0 Å². The fourth-order valence-corrected chi connectivity index (χ4v) is 1.93. The van der Waals surface area contributed by atoms with Crippen LogP contribution in [0.5, 0.6) is 5.75 Å². The Morgan fingerprint density at radius 3 is 2.44 bits per heavy atom. The number of nitrogens with zero attached hydrogens (tertiary/aromatic N) is 1. The van der Waals surface area contributed by atoms with Crippen LogP contribution in [-0.2, 0) is 10.0 Å². The monoisotopic (exact) mass is 256 g/mol. The van der Waals surface area contributed by atoms with Crippen LogP contribution in [0.2, 0.25) is 0 Å². The Morgan fingerprint density at radius 2 is 2.06 bits per heavy atom. The molecule has 0 aliphatic carbocycles. The molecule has 0 bridgehead atoms. The van der Waals surface area contributed by atoms with Crippen molar-refractivity contribution in [3.05, 3.63) is 17.7 Å². The Balaban J connectivity index is 3.65. The summed E-state index contributed by atoms with van der Waals surface area (Å²) in [5, 5.41) is 4.72. The van der Waals surface area contributed by atoms with Crippen molar-refractivity contribution in [1.29, 1.82) is 0 Å². The van der Waals surface area contributed by atoms with E-state index in [9.17, 15) is 21.6 Å². The van der Waals surface area contributed by atoms with E-state index in [1.54, 1.807) is 0 Å². The van der Waals surface area contributed by atoms with Crippen LogP contribution in [0.25, 0.3) is 0 Å². The van der Waals surface area contributed by atoms with Gasteiger partial charge in [0.15, 0.2) is 4.90 Å². The highest BCUT2D eigenvalue weighted by atomic mass is 32.2. The molecule has 1 heterocycles. The van der Waals surface area contributed by atoms with E-state index in [4.69, 9.17) is 5.14 Å². The molecule has 9 heteroatoms. The zero-order valence-electron chi connectivity index (χ0n) is 7.95. The molecule has 1 rings (SSSR count). The lowest BCUT2D eigenvalue weighted by molar-refractivity contribution is 0.140. The molecule has 0 amide bonds. The highest BCUT2D eigenvalue weighted by Gasteiger charge is 2.28. The number of aromatic nitrogens is 1.